The molecule has 3 aromatic heterocycles. The molecule has 0 atom stereocenters. The molecule has 7 nitrogen and oxygen atoms in total. The van der Waals surface area contributed by atoms with Crippen LogP contribution in [0.1, 0.15) is 6.92 Å². The Labute approximate surface area is 134 Å². The maximum Gasteiger partial charge on any atom is 0.222 e. The van der Waals surface area contributed by atoms with Gasteiger partial charge in [-0.05, 0) is 22.0 Å². The number of pyridine rings is 2. The second-order valence-electron chi connectivity index (χ2n) is 4.61. The van der Waals surface area contributed by atoms with Crippen molar-refractivity contribution in [1.29, 1.82) is 0 Å². The summed E-state index contributed by atoms with van der Waals surface area (Å²) in [6.07, 6.45) is 3.16. The van der Waals surface area contributed by atoms with Crippen LogP contribution in [0.15, 0.2) is 35.3 Å². The van der Waals surface area contributed by atoms with Gasteiger partial charge in [0.05, 0.1) is 11.7 Å². The summed E-state index contributed by atoms with van der Waals surface area (Å²) in [7, 11) is 1.88. The summed E-state index contributed by atoms with van der Waals surface area (Å²) in [5.74, 6) is 1.37. The second-order valence-corrected chi connectivity index (χ2v) is 5.32. The lowest BCUT2D eigenvalue weighted by Gasteiger charge is -2.07. The van der Waals surface area contributed by atoms with E-state index in [0.29, 0.717) is 27.7 Å². The highest BCUT2D eigenvalue weighted by molar-refractivity contribution is 9.10. The zero-order chi connectivity index (χ0) is 15.7. The molecule has 0 aliphatic heterocycles. The molecule has 0 fully saturated rings. The molecule has 0 aliphatic rings. The van der Waals surface area contributed by atoms with Crippen LogP contribution >= 0.6 is 15.9 Å². The zero-order valence-corrected chi connectivity index (χ0v) is 13.5. The van der Waals surface area contributed by atoms with Crippen LogP contribution in [0.4, 0.5) is 5.82 Å². The van der Waals surface area contributed by atoms with Gasteiger partial charge >= 0.3 is 0 Å². The Kier molecular flexibility index (Phi) is 3.76. The molecular formula is C14H12BrN5O2. The van der Waals surface area contributed by atoms with Gasteiger partial charge in [-0.2, -0.15) is 0 Å². The van der Waals surface area contributed by atoms with E-state index in [2.05, 4.69) is 36.2 Å². The van der Waals surface area contributed by atoms with Crippen molar-refractivity contribution in [3.8, 4) is 11.5 Å². The van der Waals surface area contributed by atoms with E-state index < -0.39 is 0 Å². The van der Waals surface area contributed by atoms with Gasteiger partial charge < -0.3 is 14.6 Å². The summed E-state index contributed by atoms with van der Waals surface area (Å²) in [6, 6.07) is 5.19. The first-order valence-corrected chi connectivity index (χ1v) is 7.21. The summed E-state index contributed by atoms with van der Waals surface area (Å²) >= 11 is 3.35. The van der Waals surface area contributed by atoms with E-state index in [9.17, 15) is 4.79 Å². The number of imidazole rings is 1. The molecule has 0 spiro atoms. The lowest BCUT2D eigenvalue weighted by Crippen LogP contribution is -2.07. The fourth-order valence-electron chi connectivity index (χ4n) is 1.94. The number of amides is 1. The summed E-state index contributed by atoms with van der Waals surface area (Å²) in [5.41, 5.74) is 1.48. The molecule has 3 rings (SSSR count). The minimum atomic E-state index is -0.188. The summed E-state index contributed by atoms with van der Waals surface area (Å²) < 4.78 is 8.33. The van der Waals surface area contributed by atoms with Crippen LogP contribution in [0, 0.1) is 0 Å². The van der Waals surface area contributed by atoms with Crippen molar-refractivity contribution < 1.29 is 9.53 Å². The fraction of sp³-hybridized carbons (Fsp3) is 0.143. The molecule has 0 aromatic carbocycles. The highest BCUT2D eigenvalue weighted by Gasteiger charge is 2.09. The Morgan fingerprint density at radius 2 is 2.14 bits per heavy atom. The number of aryl methyl sites for hydroxylation is 1. The number of rotatable bonds is 3. The van der Waals surface area contributed by atoms with Gasteiger partial charge in [0, 0.05) is 32.3 Å². The number of hydrogen-bond donors (Lipinski definition) is 1. The molecule has 0 unspecified atom stereocenters. The zero-order valence-electron chi connectivity index (χ0n) is 11.9. The van der Waals surface area contributed by atoms with Crippen molar-refractivity contribution in [2.24, 2.45) is 7.05 Å². The van der Waals surface area contributed by atoms with Crippen LogP contribution in [-0.2, 0) is 11.8 Å². The van der Waals surface area contributed by atoms with E-state index in [4.69, 9.17) is 4.74 Å². The number of carbonyl (C=O) groups is 1. The van der Waals surface area contributed by atoms with E-state index in [0.717, 1.165) is 5.52 Å². The monoisotopic (exact) mass is 361 g/mol. The number of nitrogens with one attached hydrogen (secondary N) is 1. The molecule has 0 radical (unpaired) electrons. The van der Waals surface area contributed by atoms with E-state index in [-0.39, 0.29) is 5.91 Å². The molecule has 3 aromatic rings. The summed E-state index contributed by atoms with van der Waals surface area (Å²) in [5, 5.41) is 2.61. The predicted octanol–water partition coefficient (Wildman–Crippen LogP) is 2.88. The molecule has 1 amide bonds. The van der Waals surface area contributed by atoms with Crippen molar-refractivity contribution in [3.05, 3.63) is 35.3 Å². The third kappa shape index (κ3) is 2.91. The number of fused-ring (bicyclic) bond motifs is 1. The number of aromatic nitrogens is 4. The number of carbonyl (C=O) groups excluding carboxylic acids is 1. The number of hydrogen-bond acceptors (Lipinski definition) is 5. The average Bonchev–Trinajstić information content (AvgIpc) is 2.74. The first-order chi connectivity index (χ1) is 10.5. The van der Waals surface area contributed by atoms with Crippen molar-refractivity contribution in [2.75, 3.05) is 5.32 Å². The fourth-order valence-corrected chi connectivity index (χ4v) is 2.30. The lowest BCUT2D eigenvalue weighted by molar-refractivity contribution is -0.114. The van der Waals surface area contributed by atoms with Gasteiger partial charge in [-0.3, -0.25) is 4.79 Å². The molecular weight excluding hydrogens is 350 g/mol. The Morgan fingerprint density at radius 3 is 2.91 bits per heavy atom. The molecule has 0 bridgehead atoms. The standard InChI is InChI=1S/C14H12BrN5O2/c1-8(21)18-12-6-9(3-4-16-12)22-10-5-11-13(17-7-10)19-14(15)20(11)2/h3-7H,1-2H3,(H,16,18,21). The molecule has 1 N–H and O–H groups in total. The maximum absolute atomic E-state index is 11.1. The summed E-state index contributed by atoms with van der Waals surface area (Å²) in [4.78, 5) is 23.6. The minimum Gasteiger partial charge on any atom is -0.455 e. The van der Waals surface area contributed by atoms with Crippen molar-refractivity contribution in [2.45, 2.75) is 6.92 Å². The largest absolute Gasteiger partial charge is 0.455 e. The highest BCUT2D eigenvalue weighted by Crippen LogP contribution is 2.26. The van der Waals surface area contributed by atoms with Crippen molar-refractivity contribution >= 4 is 38.8 Å². The van der Waals surface area contributed by atoms with E-state index in [1.807, 2.05) is 17.7 Å². The van der Waals surface area contributed by atoms with Gasteiger partial charge in [0.2, 0.25) is 5.91 Å². The topological polar surface area (TPSA) is 81.9 Å². The van der Waals surface area contributed by atoms with Crippen LogP contribution in [-0.4, -0.2) is 25.4 Å². The first kappa shape index (κ1) is 14.5. The number of ether oxygens (including phenoxy) is 1. The molecule has 3 heterocycles. The van der Waals surface area contributed by atoms with E-state index in [1.165, 1.54) is 6.92 Å². The van der Waals surface area contributed by atoms with Crippen molar-refractivity contribution in [3.63, 3.8) is 0 Å². The quantitative estimate of drug-likeness (QED) is 0.775. The smallest absolute Gasteiger partial charge is 0.222 e. The van der Waals surface area contributed by atoms with Crippen LogP contribution < -0.4 is 10.1 Å². The first-order valence-electron chi connectivity index (χ1n) is 6.42. The van der Waals surface area contributed by atoms with Gasteiger partial charge in [-0.15, -0.1) is 0 Å². The SMILES string of the molecule is CC(=O)Nc1cc(Oc2cnc3nc(Br)n(C)c3c2)ccn1. The molecule has 0 aliphatic carbocycles. The van der Waals surface area contributed by atoms with Gasteiger partial charge in [0.25, 0.3) is 0 Å². The third-order valence-corrected chi connectivity index (χ3v) is 3.64. The second kappa shape index (κ2) is 5.72. The van der Waals surface area contributed by atoms with Crippen LogP contribution in [0.5, 0.6) is 11.5 Å². The Bertz CT molecular complexity index is 862. The van der Waals surface area contributed by atoms with Gasteiger partial charge in [0.15, 0.2) is 10.4 Å². The highest BCUT2D eigenvalue weighted by atomic mass is 79.9. The van der Waals surface area contributed by atoms with Crippen LogP contribution in [0.2, 0.25) is 0 Å². The van der Waals surface area contributed by atoms with Gasteiger partial charge in [0.1, 0.15) is 17.3 Å². The Hall–Kier alpha value is -2.48. The molecule has 0 saturated carbocycles. The number of anilines is 1. The predicted molar refractivity (Wildman–Crippen MR) is 84.8 cm³/mol. The van der Waals surface area contributed by atoms with Crippen LogP contribution in [0.3, 0.4) is 0 Å². The molecule has 112 valence electrons. The van der Waals surface area contributed by atoms with Crippen LogP contribution in [0.25, 0.3) is 11.2 Å². The maximum atomic E-state index is 11.1. The number of halogens is 1. The minimum absolute atomic E-state index is 0.188. The van der Waals surface area contributed by atoms with E-state index in [1.54, 1.807) is 24.5 Å². The number of nitrogens with zero attached hydrogens (tertiary/aromatic N) is 4. The van der Waals surface area contributed by atoms with Gasteiger partial charge in [-0.25, -0.2) is 15.0 Å². The van der Waals surface area contributed by atoms with Gasteiger partial charge in [-0.1, -0.05) is 0 Å². The summed E-state index contributed by atoms with van der Waals surface area (Å²) in [6.45, 7) is 1.42. The van der Waals surface area contributed by atoms with Crippen molar-refractivity contribution in [1.82, 2.24) is 19.5 Å². The average molecular weight is 362 g/mol. The Balaban J connectivity index is 1.89. The Morgan fingerprint density at radius 1 is 1.32 bits per heavy atom. The molecule has 22 heavy (non-hydrogen) atoms. The third-order valence-electron chi connectivity index (χ3n) is 2.93. The lowest BCUT2D eigenvalue weighted by atomic mass is 10.4. The normalized spacial score (nSPS) is 10.7. The molecule has 0 saturated heterocycles. The molecule has 8 heteroatoms. The van der Waals surface area contributed by atoms with E-state index >= 15 is 0 Å².